The molecule has 11 nitrogen and oxygen atoms in total. The number of aromatic hydroxyl groups is 1. The smallest absolute Gasteiger partial charge is 0.354 e. The van der Waals surface area contributed by atoms with E-state index in [1.165, 1.54) is 26.4 Å². The fourth-order valence-electron chi connectivity index (χ4n) is 7.39. The topological polar surface area (TPSA) is 117 Å². The molecule has 0 atom stereocenters. The average molecular weight is 783 g/mol. The molecule has 6 rings (SSSR count). The van der Waals surface area contributed by atoms with Crippen LogP contribution >= 0.6 is 11.6 Å². The summed E-state index contributed by atoms with van der Waals surface area (Å²) in [7, 11) is 6.74. The number of carbonyl (C=O) groups excluding carboxylic acids is 2. The molecule has 0 unspecified atom stereocenters. The molecule has 0 saturated heterocycles. The summed E-state index contributed by atoms with van der Waals surface area (Å²) in [5, 5.41) is 23.1. The van der Waals surface area contributed by atoms with Crippen molar-refractivity contribution in [3.63, 3.8) is 0 Å². The summed E-state index contributed by atoms with van der Waals surface area (Å²) in [6.45, 7) is 8.29. The van der Waals surface area contributed by atoms with E-state index in [0.717, 1.165) is 56.9 Å². The van der Waals surface area contributed by atoms with Crippen LogP contribution in [-0.2, 0) is 53.2 Å². The highest BCUT2D eigenvalue weighted by Gasteiger charge is 2.28. The molecule has 3 aromatic heterocycles. The lowest BCUT2D eigenvalue weighted by atomic mass is 10.00. The number of methoxy groups -OCH3 is 2. The molecule has 1 N–H and O–H groups in total. The van der Waals surface area contributed by atoms with Gasteiger partial charge in [0.15, 0.2) is 0 Å². The van der Waals surface area contributed by atoms with Gasteiger partial charge in [0, 0.05) is 41.5 Å². The molecule has 0 bridgehead atoms. The molecule has 0 aliphatic rings. The molecule has 3 heterocycles. The number of aryl methyl sites for hydroxylation is 5. The highest BCUT2D eigenvalue weighted by atomic mass is 35.5. The minimum Gasteiger partial charge on any atom is -0.507 e. The van der Waals surface area contributed by atoms with Crippen LogP contribution in [0.2, 0.25) is 5.02 Å². The van der Waals surface area contributed by atoms with Gasteiger partial charge in [0.05, 0.1) is 54.9 Å². The number of phenols is 1. The second-order valence-electron chi connectivity index (χ2n) is 14.2. The second-order valence-corrected chi connectivity index (χ2v) is 14.6. The van der Waals surface area contributed by atoms with Crippen molar-refractivity contribution in [1.82, 2.24) is 29.0 Å². The number of aromatic nitrogens is 5. The fraction of sp³-hybridized carbons (Fsp3) is 0.349. The number of nitrogens with zero attached hydrogens (tertiary/aromatic N) is 6. The maximum atomic E-state index is 14.0. The molecule has 0 spiro atoms. The lowest BCUT2D eigenvalue weighted by molar-refractivity contribution is -0.140. The van der Waals surface area contributed by atoms with Crippen molar-refractivity contribution in [1.29, 1.82) is 0 Å². The van der Waals surface area contributed by atoms with Gasteiger partial charge in [-0.05, 0) is 119 Å². The van der Waals surface area contributed by atoms with Crippen molar-refractivity contribution in [3.05, 3.63) is 105 Å². The van der Waals surface area contributed by atoms with Gasteiger partial charge in [-0.2, -0.15) is 10.2 Å². The van der Waals surface area contributed by atoms with Crippen LogP contribution in [-0.4, -0.2) is 80.9 Å². The Balaban J connectivity index is 1.34. The van der Waals surface area contributed by atoms with Gasteiger partial charge < -0.3 is 24.0 Å². The first-order valence-electron chi connectivity index (χ1n) is 18.7. The summed E-state index contributed by atoms with van der Waals surface area (Å²) in [6.07, 6.45) is 5.69. The third-order valence-corrected chi connectivity index (χ3v) is 10.6. The lowest BCUT2D eigenvalue weighted by Gasteiger charge is -2.14. The maximum Gasteiger partial charge on any atom is 0.354 e. The van der Waals surface area contributed by atoms with Gasteiger partial charge in [0.1, 0.15) is 17.3 Å². The van der Waals surface area contributed by atoms with Gasteiger partial charge in [-0.25, -0.2) is 9.18 Å². The number of fused-ring (bicyclic) bond motifs is 2. The first-order chi connectivity index (χ1) is 26.8. The number of rotatable bonds is 15. The number of hydrogen-bond donors (Lipinski definition) is 1. The molecule has 0 radical (unpaired) electrons. The van der Waals surface area contributed by atoms with Crippen molar-refractivity contribution in [3.8, 4) is 17.0 Å². The Morgan fingerprint density at radius 2 is 1.73 bits per heavy atom. The Kier molecular flexibility index (Phi) is 12.3. The zero-order valence-electron chi connectivity index (χ0n) is 32.9. The lowest BCUT2D eigenvalue weighted by Crippen LogP contribution is -2.20. The van der Waals surface area contributed by atoms with Crippen LogP contribution in [0.5, 0.6) is 5.75 Å². The molecule has 0 aliphatic carbocycles. The van der Waals surface area contributed by atoms with Crippen molar-refractivity contribution < 1.29 is 28.6 Å². The Labute approximate surface area is 330 Å². The van der Waals surface area contributed by atoms with E-state index in [2.05, 4.69) is 11.0 Å². The van der Waals surface area contributed by atoms with E-state index in [-0.39, 0.29) is 30.4 Å². The molecule has 6 aromatic rings. The van der Waals surface area contributed by atoms with Crippen molar-refractivity contribution >= 4 is 51.3 Å². The summed E-state index contributed by atoms with van der Waals surface area (Å²) >= 11 is 7.06. The largest absolute Gasteiger partial charge is 0.507 e. The Morgan fingerprint density at radius 1 is 0.964 bits per heavy atom. The van der Waals surface area contributed by atoms with E-state index >= 15 is 0 Å². The highest BCUT2D eigenvalue weighted by molar-refractivity contribution is 6.35. The van der Waals surface area contributed by atoms with Crippen LogP contribution in [0, 0.1) is 19.7 Å². The van der Waals surface area contributed by atoms with Crippen LogP contribution < -0.4 is 0 Å². The standard InChI is InChI=1S/C43H48ClFN6O5/c1-8-49-41-34(35(16-18-38(53)55-6)42(49)43(54)56-7)15-17-36(44)39(41)40-26(2)27(3)46-51(40)19-9-10-31-25-32(50(47-31)21-20-48(4)5)13-11-28-22-29-24-30(45)12-14-33(29)37(52)23-28/h9-10,12,14-15,17,22-25,52H,8,11,13,16,18-21H2,1-7H3. The van der Waals surface area contributed by atoms with Crippen molar-refractivity contribution in [2.75, 3.05) is 34.9 Å². The zero-order chi connectivity index (χ0) is 40.3. The number of carbonyl (C=O) groups is 2. The second kappa shape index (κ2) is 17.1. The molecular weight excluding hydrogens is 735 g/mol. The molecule has 294 valence electrons. The zero-order valence-corrected chi connectivity index (χ0v) is 33.7. The Hall–Kier alpha value is -5.46. The van der Waals surface area contributed by atoms with Gasteiger partial charge >= 0.3 is 11.9 Å². The first kappa shape index (κ1) is 40.2. The van der Waals surface area contributed by atoms with Gasteiger partial charge in [-0.15, -0.1) is 0 Å². The number of benzene rings is 3. The monoisotopic (exact) mass is 782 g/mol. The van der Waals surface area contributed by atoms with E-state index in [0.29, 0.717) is 59.5 Å². The van der Waals surface area contributed by atoms with Crippen LogP contribution in [0.4, 0.5) is 4.39 Å². The van der Waals surface area contributed by atoms with Crippen LogP contribution in [0.3, 0.4) is 0 Å². The highest BCUT2D eigenvalue weighted by Crippen LogP contribution is 2.42. The molecule has 13 heteroatoms. The number of likely N-dealkylation sites (N-methyl/N-ethyl adjacent to an activating group) is 1. The average Bonchev–Trinajstić information content (AvgIpc) is 3.81. The van der Waals surface area contributed by atoms with Crippen LogP contribution in [0.15, 0.2) is 54.6 Å². The minimum absolute atomic E-state index is 0.100. The maximum absolute atomic E-state index is 14.0. The molecular formula is C43H48ClFN6O5. The van der Waals surface area contributed by atoms with E-state index in [1.807, 2.05) is 79.1 Å². The summed E-state index contributed by atoms with van der Waals surface area (Å²) in [5.74, 6) is -1.08. The van der Waals surface area contributed by atoms with Gasteiger partial charge in [0.2, 0.25) is 0 Å². The SMILES string of the molecule is CCn1c(C(=O)OC)c(CCC(=O)OC)c2ccc(Cl)c(-c3c(C)c(C)nn3CC=Cc3cc(CCc4cc(O)c5ccc(F)cc5c4)n(CCN(C)C)n3)c21. The molecule has 0 fully saturated rings. The van der Waals surface area contributed by atoms with Gasteiger partial charge in [-0.1, -0.05) is 29.8 Å². The number of hydrogen-bond acceptors (Lipinski definition) is 8. The molecule has 0 aliphatic heterocycles. The minimum atomic E-state index is -0.496. The van der Waals surface area contributed by atoms with Crippen LogP contribution in [0.25, 0.3) is 39.0 Å². The van der Waals surface area contributed by atoms with E-state index in [9.17, 15) is 19.1 Å². The summed E-state index contributed by atoms with van der Waals surface area (Å²) in [5.41, 5.74) is 7.94. The van der Waals surface area contributed by atoms with Crippen LogP contribution in [0.1, 0.15) is 57.6 Å². The first-order valence-corrected chi connectivity index (χ1v) is 19.0. The quantitative estimate of drug-likeness (QED) is 0.104. The number of phenolic OH excluding ortho intramolecular Hbond substituents is 1. The third-order valence-electron chi connectivity index (χ3n) is 10.3. The van der Waals surface area contributed by atoms with E-state index in [1.54, 1.807) is 12.1 Å². The Morgan fingerprint density at radius 3 is 2.45 bits per heavy atom. The number of ether oxygens (including phenoxy) is 2. The normalized spacial score (nSPS) is 11.8. The van der Waals surface area contributed by atoms with Gasteiger partial charge in [-0.3, -0.25) is 14.2 Å². The summed E-state index contributed by atoms with van der Waals surface area (Å²) in [4.78, 5) is 27.6. The third kappa shape index (κ3) is 8.22. The van der Waals surface area contributed by atoms with Crippen molar-refractivity contribution in [2.24, 2.45) is 0 Å². The van der Waals surface area contributed by atoms with E-state index < -0.39 is 5.97 Å². The van der Waals surface area contributed by atoms with E-state index in [4.69, 9.17) is 31.3 Å². The number of allylic oxidation sites excluding steroid dienone is 1. The molecule has 3 aromatic carbocycles. The molecule has 0 amide bonds. The van der Waals surface area contributed by atoms with Crippen molar-refractivity contribution in [2.45, 2.75) is 66.1 Å². The van der Waals surface area contributed by atoms with Gasteiger partial charge in [0.25, 0.3) is 0 Å². The molecule has 56 heavy (non-hydrogen) atoms. The predicted octanol–water partition coefficient (Wildman–Crippen LogP) is 7.94. The summed E-state index contributed by atoms with van der Waals surface area (Å²) < 4.78 is 30.0. The summed E-state index contributed by atoms with van der Waals surface area (Å²) in [6, 6.07) is 13.8. The Bertz CT molecular complexity index is 2460. The fourth-order valence-corrected chi connectivity index (χ4v) is 7.63. The number of halogens is 2. The molecule has 0 saturated carbocycles. The number of esters is 2. The predicted molar refractivity (Wildman–Crippen MR) is 218 cm³/mol.